The molecule has 2 heteroatoms. The van der Waals surface area contributed by atoms with Crippen molar-refractivity contribution in [3.05, 3.63) is 17.5 Å². The normalized spacial score (nSPS) is 15.2. The maximum Gasteiger partial charge on any atom is 0.142 e. The summed E-state index contributed by atoms with van der Waals surface area (Å²) in [5, 5.41) is 0. The Morgan fingerprint density at radius 3 is 3.33 bits per heavy atom. The zero-order valence-corrected chi connectivity index (χ0v) is 5.40. The Bertz CT molecular complexity index is 227. The number of rotatable bonds is 0. The molecule has 0 radical (unpaired) electrons. The number of hydrogen-bond acceptors (Lipinski definition) is 1. The van der Waals surface area contributed by atoms with E-state index in [-0.39, 0.29) is 0 Å². The summed E-state index contributed by atoms with van der Waals surface area (Å²) < 4.78 is 5.34. The number of nitrogens with one attached hydrogen (secondary N) is 1. The van der Waals surface area contributed by atoms with Crippen LogP contribution in [0.4, 0.5) is 0 Å². The van der Waals surface area contributed by atoms with E-state index < -0.39 is 0 Å². The first-order valence-corrected chi connectivity index (χ1v) is 3.17. The molecule has 1 aliphatic rings. The Balaban J connectivity index is 2.56. The van der Waals surface area contributed by atoms with E-state index in [2.05, 4.69) is 4.98 Å². The molecule has 1 aromatic heterocycles. The number of aromatic amines is 1. The second-order valence-electron chi connectivity index (χ2n) is 2.37. The fourth-order valence-corrected chi connectivity index (χ4v) is 1.22. The lowest BCUT2D eigenvalue weighted by molar-refractivity contribution is 0.353. The predicted molar refractivity (Wildman–Crippen MR) is 34.7 cm³/mol. The van der Waals surface area contributed by atoms with Crippen molar-refractivity contribution in [1.29, 1.82) is 0 Å². The highest BCUT2D eigenvalue weighted by Gasteiger charge is 2.14. The lowest BCUT2D eigenvalue weighted by Gasteiger charge is -1.93. The fourth-order valence-electron chi connectivity index (χ4n) is 1.22. The first-order chi connectivity index (χ1) is 4.38. The Morgan fingerprint density at radius 2 is 2.56 bits per heavy atom. The molecule has 0 aliphatic carbocycles. The molecule has 0 aromatic carbocycles. The first kappa shape index (κ1) is 4.91. The molecule has 2 rings (SSSR count). The monoisotopic (exact) mass is 123 g/mol. The number of aromatic nitrogens is 1. The number of aryl methyl sites for hydroxylation is 1. The largest absolute Gasteiger partial charge is 0.491 e. The SMILES string of the molecule is Cc1[nH]cc2c1OCC2. The third kappa shape index (κ3) is 0.559. The summed E-state index contributed by atoms with van der Waals surface area (Å²) in [5.41, 5.74) is 2.48. The van der Waals surface area contributed by atoms with Crippen LogP contribution in [0.3, 0.4) is 0 Å². The molecule has 1 aliphatic heterocycles. The third-order valence-electron chi connectivity index (χ3n) is 1.71. The molecule has 9 heavy (non-hydrogen) atoms. The molecule has 0 unspecified atom stereocenters. The summed E-state index contributed by atoms with van der Waals surface area (Å²) in [6.45, 7) is 2.89. The van der Waals surface area contributed by atoms with Crippen molar-refractivity contribution in [2.45, 2.75) is 13.3 Å². The van der Waals surface area contributed by atoms with E-state index in [0.29, 0.717) is 0 Å². The van der Waals surface area contributed by atoms with Crippen LogP contribution in [0, 0.1) is 6.92 Å². The van der Waals surface area contributed by atoms with Crippen molar-refractivity contribution < 1.29 is 4.74 Å². The minimum Gasteiger partial charge on any atom is -0.491 e. The van der Waals surface area contributed by atoms with Crippen molar-refractivity contribution in [2.24, 2.45) is 0 Å². The van der Waals surface area contributed by atoms with Gasteiger partial charge < -0.3 is 9.72 Å². The van der Waals surface area contributed by atoms with Crippen molar-refractivity contribution in [3.63, 3.8) is 0 Å². The van der Waals surface area contributed by atoms with Crippen molar-refractivity contribution in [3.8, 4) is 5.75 Å². The average molecular weight is 123 g/mol. The van der Waals surface area contributed by atoms with Crippen LogP contribution < -0.4 is 4.74 Å². The van der Waals surface area contributed by atoms with Gasteiger partial charge in [-0.2, -0.15) is 0 Å². The summed E-state index contributed by atoms with van der Waals surface area (Å²) in [6.07, 6.45) is 3.09. The highest BCUT2D eigenvalue weighted by atomic mass is 16.5. The predicted octanol–water partition coefficient (Wildman–Crippen LogP) is 1.26. The summed E-state index contributed by atoms with van der Waals surface area (Å²) >= 11 is 0. The number of ether oxygens (including phenoxy) is 1. The topological polar surface area (TPSA) is 25.0 Å². The van der Waals surface area contributed by atoms with Crippen LogP contribution >= 0.6 is 0 Å². The number of fused-ring (bicyclic) bond motifs is 1. The van der Waals surface area contributed by atoms with Crippen LogP contribution in [0.2, 0.25) is 0 Å². The summed E-state index contributed by atoms with van der Waals surface area (Å²) in [5.74, 6) is 1.08. The summed E-state index contributed by atoms with van der Waals surface area (Å²) in [4.78, 5) is 3.11. The molecule has 1 N–H and O–H groups in total. The van der Waals surface area contributed by atoms with Gasteiger partial charge in [-0.15, -0.1) is 0 Å². The van der Waals surface area contributed by atoms with Crippen LogP contribution in [0.5, 0.6) is 5.75 Å². The van der Waals surface area contributed by atoms with Gasteiger partial charge in [0.25, 0.3) is 0 Å². The van der Waals surface area contributed by atoms with Gasteiger partial charge in [0.1, 0.15) is 5.75 Å². The van der Waals surface area contributed by atoms with Crippen LogP contribution in [-0.2, 0) is 6.42 Å². The molecule has 0 atom stereocenters. The molecular formula is C7H9NO. The quantitative estimate of drug-likeness (QED) is 0.552. The maximum absolute atomic E-state index is 5.34. The Labute approximate surface area is 53.8 Å². The van der Waals surface area contributed by atoms with Gasteiger partial charge in [0.15, 0.2) is 0 Å². The average Bonchev–Trinajstić information content (AvgIpc) is 2.35. The van der Waals surface area contributed by atoms with Crippen molar-refractivity contribution in [2.75, 3.05) is 6.61 Å². The van der Waals surface area contributed by atoms with Crippen LogP contribution in [0.25, 0.3) is 0 Å². The molecule has 0 amide bonds. The van der Waals surface area contributed by atoms with E-state index >= 15 is 0 Å². The van der Waals surface area contributed by atoms with E-state index in [1.165, 1.54) is 5.56 Å². The Kier molecular flexibility index (Phi) is 0.835. The molecule has 48 valence electrons. The van der Waals surface area contributed by atoms with Gasteiger partial charge in [0.05, 0.1) is 12.3 Å². The number of hydrogen-bond donors (Lipinski definition) is 1. The molecule has 2 heterocycles. The van der Waals surface area contributed by atoms with Crippen molar-refractivity contribution in [1.82, 2.24) is 4.98 Å². The molecule has 1 aromatic rings. The lowest BCUT2D eigenvalue weighted by Crippen LogP contribution is -1.89. The second kappa shape index (κ2) is 1.53. The molecule has 0 spiro atoms. The van der Waals surface area contributed by atoms with Gasteiger partial charge in [-0.1, -0.05) is 0 Å². The van der Waals surface area contributed by atoms with E-state index in [0.717, 1.165) is 24.5 Å². The molecule has 0 bridgehead atoms. The van der Waals surface area contributed by atoms with Crippen LogP contribution in [-0.4, -0.2) is 11.6 Å². The van der Waals surface area contributed by atoms with Crippen LogP contribution in [0.15, 0.2) is 6.20 Å². The minimum atomic E-state index is 0.861. The van der Waals surface area contributed by atoms with E-state index in [4.69, 9.17) is 4.74 Å². The van der Waals surface area contributed by atoms with E-state index in [9.17, 15) is 0 Å². The molecule has 2 nitrogen and oxygen atoms in total. The van der Waals surface area contributed by atoms with Crippen molar-refractivity contribution >= 4 is 0 Å². The second-order valence-corrected chi connectivity index (χ2v) is 2.37. The third-order valence-corrected chi connectivity index (χ3v) is 1.71. The van der Waals surface area contributed by atoms with Gasteiger partial charge in [-0.3, -0.25) is 0 Å². The summed E-state index contributed by atoms with van der Waals surface area (Å²) in [6, 6.07) is 0. The van der Waals surface area contributed by atoms with Gasteiger partial charge in [0.2, 0.25) is 0 Å². The number of H-pyrrole nitrogens is 1. The molecule has 0 saturated carbocycles. The maximum atomic E-state index is 5.34. The highest BCUT2D eigenvalue weighted by Crippen LogP contribution is 2.27. The van der Waals surface area contributed by atoms with Gasteiger partial charge >= 0.3 is 0 Å². The van der Waals surface area contributed by atoms with Crippen LogP contribution in [0.1, 0.15) is 11.3 Å². The minimum absolute atomic E-state index is 0.861. The summed E-state index contributed by atoms with van der Waals surface area (Å²) in [7, 11) is 0. The Morgan fingerprint density at radius 1 is 1.67 bits per heavy atom. The highest BCUT2D eigenvalue weighted by molar-refractivity contribution is 5.39. The van der Waals surface area contributed by atoms with E-state index in [1.54, 1.807) is 0 Å². The molecule has 0 fully saturated rings. The Hall–Kier alpha value is -0.920. The smallest absolute Gasteiger partial charge is 0.142 e. The molecular weight excluding hydrogens is 114 g/mol. The van der Waals surface area contributed by atoms with Gasteiger partial charge in [-0.05, 0) is 6.92 Å². The van der Waals surface area contributed by atoms with Gasteiger partial charge in [-0.25, -0.2) is 0 Å². The lowest BCUT2D eigenvalue weighted by atomic mass is 10.2. The fraction of sp³-hybridized carbons (Fsp3) is 0.429. The zero-order chi connectivity index (χ0) is 6.27. The van der Waals surface area contributed by atoms with Gasteiger partial charge in [0, 0.05) is 18.2 Å². The van der Waals surface area contributed by atoms with E-state index in [1.807, 2.05) is 13.1 Å². The first-order valence-electron chi connectivity index (χ1n) is 3.17. The molecule has 0 saturated heterocycles. The zero-order valence-electron chi connectivity index (χ0n) is 5.40. The standard InChI is InChI=1S/C7H9NO/c1-5-7-6(4-8-5)2-3-9-7/h4,8H,2-3H2,1H3.